The molecule has 3 heterocycles. The lowest BCUT2D eigenvalue weighted by atomic mass is 9.92. The second-order valence-electron chi connectivity index (χ2n) is 9.31. The van der Waals surface area contributed by atoms with Crippen LogP contribution in [0.15, 0.2) is 52.3 Å². The monoisotopic (exact) mass is 546 g/mol. The van der Waals surface area contributed by atoms with Crippen LogP contribution in [-0.4, -0.2) is 40.6 Å². The van der Waals surface area contributed by atoms with Crippen molar-refractivity contribution in [2.75, 3.05) is 25.5 Å². The van der Waals surface area contributed by atoms with Gasteiger partial charge in [-0.05, 0) is 36.8 Å². The van der Waals surface area contributed by atoms with Crippen LogP contribution in [0, 0.1) is 0 Å². The Kier molecular flexibility index (Phi) is 5.92. The van der Waals surface area contributed by atoms with Crippen molar-refractivity contribution in [3.8, 4) is 0 Å². The molecule has 2 aromatic heterocycles. The van der Waals surface area contributed by atoms with Gasteiger partial charge in [-0.1, -0.05) is 31.6 Å². The number of pyridine rings is 2. The standard InChI is InChI=1S/C24H27F5N4O3S/c1-15(17-6-5-7-18(12-17)37(25,26,27,28)29)31-21-8-10-30-22-19(21)13-20(23(35)32(22)3)24(36-4)9-11-33(14-24)16(2)34/h5-8,10,12-13,15H,9,11,14H2,1-4H3,(H,30,31)/t15-,24?/m1/s1. The lowest BCUT2D eigenvalue weighted by molar-refractivity contribution is -0.129. The number of methoxy groups -OCH3 is 1. The van der Waals surface area contributed by atoms with E-state index in [0.29, 0.717) is 47.4 Å². The zero-order chi connectivity index (χ0) is 27.5. The Balaban J connectivity index is 1.79. The number of hydrogen-bond donors (Lipinski definition) is 1. The number of aromatic nitrogens is 2. The van der Waals surface area contributed by atoms with E-state index in [1.165, 1.54) is 44.8 Å². The molecule has 4 rings (SSSR count). The van der Waals surface area contributed by atoms with Crippen molar-refractivity contribution in [1.82, 2.24) is 14.5 Å². The molecule has 2 atom stereocenters. The van der Waals surface area contributed by atoms with Gasteiger partial charge in [0.2, 0.25) is 5.91 Å². The van der Waals surface area contributed by atoms with Gasteiger partial charge in [0, 0.05) is 57.4 Å². The third kappa shape index (κ3) is 5.01. The molecule has 0 bridgehead atoms. The smallest absolute Gasteiger partial charge is 0.310 e. The van der Waals surface area contributed by atoms with E-state index in [-0.39, 0.29) is 23.6 Å². The predicted molar refractivity (Wildman–Crippen MR) is 132 cm³/mol. The van der Waals surface area contributed by atoms with E-state index >= 15 is 0 Å². The molecule has 1 N–H and O–H groups in total. The number of carbonyl (C=O) groups excluding carboxylic acids is 1. The highest BCUT2D eigenvalue weighted by molar-refractivity contribution is 8.45. The molecule has 1 aliphatic heterocycles. The van der Waals surface area contributed by atoms with Crippen molar-refractivity contribution < 1.29 is 29.0 Å². The molecule has 0 saturated carbocycles. The topological polar surface area (TPSA) is 76.5 Å². The molecule has 1 aromatic carbocycles. The number of nitrogens with one attached hydrogen (secondary N) is 1. The maximum absolute atomic E-state index is 13.4. The van der Waals surface area contributed by atoms with Gasteiger partial charge >= 0.3 is 10.2 Å². The third-order valence-electron chi connectivity index (χ3n) is 6.84. The van der Waals surface area contributed by atoms with E-state index in [2.05, 4.69) is 10.3 Å². The first-order valence-corrected chi connectivity index (χ1v) is 13.3. The molecule has 1 saturated heterocycles. The minimum atomic E-state index is -9.85. The Bertz CT molecular complexity index is 1460. The summed E-state index contributed by atoms with van der Waals surface area (Å²) in [6.45, 7) is 3.56. The molecule has 202 valence electrons. The summed E-state index contributed by atoms with van der Waals surface area (Å²) in [6, 6.07) is 5.45. The Hall–Kier alpha value is -3.19. The lowest BCUT2D eigenvalue weighted by Gasteiger charge is -2.40. The molecule has 37 heavy (non-hydrogen) atoms. The lowest BCUT2D eigenvalue weighted by Crippen LogP contribution is -2.40. The van der Waals surface area contributed by atoms with Crippen molar-refractivity contribution in [3.63, 3.8) is 0 Å². The summed E-state index contributed by atoms with van der Waals surface area (Å²) in [5.74, 6) is -0.150. The Morgan fingerprint density at radius 3 is 2.49 bits per heavy atom. The fourth-order valence-electron chi connectivity index (χ4n) is 4.69. The van der Waals surface area contributed by atoms with Crippen LogP contribution in [0.5, 0.6) is 0 Å². The number of aryl methyl sites for hydroxylation is 1. The van der Waals surface area contributed by atoms with Gasteiger partial charge in [-0.25, -0.2) is 4.98 Å². The van der Waals surface area contributed by atoms with Crippen molar-refractivity contribution in [1.29, 1.82) is 0 Å². The largest absolute Gasteiger partial charge is 0.378 e. The van der Waals surface area contributed by atoms with E-state index < -0.39 is 26.8 Å². The van der Waals surface area contributed by atoms with E-state index in [4.69, 9.17) is 4.74 Å². The highest BCUT2D eigenvalue weighted by Crippen LogP contribution is 3.02. The molecule has 3 aromatic rings. The van der Waals surface area contributed by atoms with Gasteiger partial charge in [0.1, 0.15) is 16.1 Å². The average Bonchev–Trinajstić information content (AvgIpc) is 3.26. The molecule has 1 amide bonds. The molecule has 0 spiro atoms. The fourth-order valence-corrected chi connectivity index (χ4v) is 5.39. The van der Waals surface area contributed by atoms with Gasteiger partial charge in [-0.2, -0.15) is 0 Å². The zero-order valence-corrected chi connectivity index (χ0v) is 21.4. The minimum absolute atomic E-state index is 0.00186. The SMILES string of the molecule is COC1(c2cc3c(N[C@H](C)c4cccc(S(F)(F)(F)(F)F)c4)ccnc3n(C)c2=O)CCN(C(C)=O)C1. The molecule has 1 fully saturated rings. The van der Waals surface area contributed by atoms with Gasteiger partial charge in [0.15, 0.2) is 0 Å². The van der Waals surface area contributed by atoms with Gasteiger partial charge < -0.3 is 15.0 Å². The summed E-state index contributed by atoms with van der Waals surface area (Å²) >= 11 is 0. The molecule has 1 aliphatic rings. The van der Waals surface area contributed by atoms with Gasteiger partial charge in [0.05, 0.1) is 12.1 Å². The fraction of sp³-hybridized carbons (Fsp3) is 0.375. The van der Waals surface area contributed by atoms with Crippen molar-refractivity contribution in [2.24, 2.45) is 7.05 Å². The normalized spacial score (nSPS) is 20.9. The predicted octanol–water partition coefficient (Wildman–Crippen LogP) is 5.86. The highest BCUT2D eigenvalue weighted by atomic mass is 32.5. The number of likely N-dealkylation sites (tertiary alicyclic amines) is 1. The van der Waals surface area contributed by atoms with Crippen LogP contribution in [0.3, 0.4) is 0 Å². The van der Waals surface area contributed by atoms with Crippen LogP contribution in [-0.2, 0) is 22.2 Å². The molecule has 0 radical (unpaired) electrons. The number of halogens is 5. The number of anilines is 1. The van der Waals surface area contributed by atoms with Crippen LogP contribution in [0.2, 0.25) is 0 Å². The summed E-state index contributed by atoms with van der Waals surface area (Å²) in [5, 5.41) is 3.55. The van der Waals surface area contributed by atoms with E-state index in [0.717, 1.165) is 6.07 Å². The third-order valence-corrected chi connectivity index (χ3v) is 7.99. The average molecular weight is 547 g/mol. The van der Waals surface area contributed by atoms with E-state index in [9.17, 15) is 29.0 Å². The van der Waals surface area contributed by atoms with Crippen molar-refractivity contribution in [3.05, 3.63) is 64.1 Å². The van der Waals surface area contributed by atoms with Crippen LogP contribution >= 0.6 is 10.2 Å². The summed E-state index contributed by atoms with van der Waals surface area (Å²) in [4.78, 5) is 29.1. The first-order chi connectivity index (χ1) is 17.0. The van der Waals surface area contributed by atoms with Crippen LogP contribution < -0.4 is 10.9 Å². The number of nitrogens with zero attached hydrogens (tertiary/aromatic N) is 3. The minimum Gasteiger partial charge on any atom is -0.378 e. The number of carbonyl (C=O) groups is 1. The highest BCUT2D eigenvalue weighted by Gasteiger charge is 2.65. The Morgan fingerprint density at radius 1 is 1.19 bits per heavy atom. The summed E-state index contributed by atoms with van der Waals surface area (Å²) < 4.78 is 73.9. The molecule has 0 aliphatic carbocycles. The van der Waals surface area contributed by atoms with Crippen LogP contribution in [0.1, 0.15) is 37.4 Å². The van der Waals surface area contributed by atoms with E-state index in [1.807, 2.05) is 0 Å². The second-order valence-corrected chi connectivity index (χ2v) is 11.7. The first kappa shape index (κ1) is 26.9. The maximum Gasteiger partial charge on any atom is 0.310 e. The number of amides is 1. The van der Waals surface area contributed by atoms with Crippen LogP contribution in [0.25, 0.3) is 11.0 Å². The summed E-state index contributed by atoms with van der Waals surface area (Å²) in [6.07, 6.45) is 1.82. The number of hydrogen-bond acceptors (Lipinski definition) is 5. The first-order valence-electron chi connectivity index (χ1n) is 11.4. The summed E-state index contributed by atoms with van der Waals surface area (Å²) in [7, 11) is -6.85. The number of fused-ring (bicyclic) bond motifs is 1. The number of rotatable bonds is 6. The second kappa shape index (κ2) is 8.15. The Labute approximate surface area is 210 Å². The number of benzene rings is 1. The molecule has 7 nitrogen and oxygen atoms in total. The van der Waals surface area contributed by atoms with Gasteiger partial charge in [-0.15, -0.1) is 0 Å². The quantitative estimate of drug-likeness (QED) is 0.392. The molecule has 13 heteroatoms. The van der Waals surface area contributed by atoms with E-state index in [1.54, 1.807) is 17.0 Å². The van der Waals surface area contributed by atoms with Crippen LogP contribution in [0.4, 0.5) is 25.1 Å². The van der Waals surface area contributed by atoms with Gasteiger partial charge in [0.25, 0.3) is 5.56 Å². The Morgan fingerprint density at radius 2 is 1.89 bits per heavy atom. The van der Waals surface area contributed by atoms with Crippen molar-refractivity contribution in [2.45, 2.75) is 36.8 Å². The van der Waals surface area contributed by atoms with Gasteiger partial charge in [-0.3, -0.25) is 14.2 Å². The maximum atomic E-state index is 13.4. The molecular formula is C24H27F5N4O3S. The number of ether oxygens (including phenoxy) is 1. The molecular weight excluding hydrogens is 519 g/mol. The molecule has 1 unspecified atom stereocenters. The zero-order valence-electron chi connectivity index (χ0n) is 20.6. The van der Waals surface area contributed by atoms with Crippen molar-refractivity contribution >= 4 is 32.9 Å². The summed E-state index contributed by atoms with van der Waals surface area (Å²) in [5.41, 5.74) is -0.369.